The lowest BCUT2D eigenvalue weighted by Gasteiger charge is -2.04. The molecule has 94 valence electrons. The Labute approximate surface area is 107 Å². The van der Waals surface area contributed by atoms with Crippen LogP contribution in [0.15, 0.2) is 23.6 Å². The molecule has 0 unspecified atom stereocenters. The molecule has 6 heteroatoms. The van der Waals surface area contributed by atoms with E-state index in [0.717, 1.165) is 11.8 Å². The van der Waals surface area contributed by atoms with Crippen LogP contribution < -0.4 is 5.73 Å². The first-order chi connectivity index (χ1) is 8.56. The van der Waals surface area contributed by atoms with Gasteiger partial charge in [-0.3, -0.25) is 0 Å². The number of carbonyl (C=O) groups is 1. The first-order valence-corrected chi connectivity index (χ1v) is 6.07. The summed E-state index contributed by atoms with van der Waals surface area (Å²) in [7, 11) is 0. The van der Waals surface area contributed by atoms with Gasteiger partial charge in [0.25, 0.3) is 0 Å². The molecular weight excluding hydrogens is 255 g/mol. The number of benzene rings is 1. The van der Waals surface area contributed by atoms with E-state index in [1.165, 1.54) is 23.5 Å². The predicted molar refractivity (Wildman–Crippen MR) is 66.8 cm³/mol. The Kier molecular flexibility index (Phi) is 3.57. The van der Waals surface area contributed by atoms with Crippen LogP contribution in [0.4, 0.5) is 10.1 Å². The summed E-state index contributed by atoms with van der Waals surface area (Å²) in [6.07, 6.45) is 0. The van der Waals surface area contributed by atoms with Crippen molar-refractivity contribution in [3.8, 4) is 0 Å². The Balaban J connectivity index is 2.05. The van der Waals surface area contributed by atoms with E-state index >= 15 is 0 Å². The number of hydrogen-bond acceptors (Lipinski definition) is 5. The lowest BCUT2D eigenvalue weighted by molar-refractivity contribution is 0.0467. The minimum absolute atomic E-state index is 0.0333. The van der Waals surface area contributed by atoms with Gasteiger partial charge in [-0.05, 0) is 25.1 Å². The van der Waals surface area contributed by atoms with Crippen LogP contribution in [0.2, 0.25) is 0 Å². The molecule has 2 aromatic rings. The summed E-state index contributed by atoms with van der Waals surface area (Å²) in [4.78, 5) is 15.8. The smallest absolute Gasteiger partial charge is 0.341 e. The Morgan fingerprint density at radius 1 is 1.56 bits per heavy atom. The zero-order chi connectivity index (χ0) is 13.1. The third kappa shape index (κ3) is 2.84. The van der Waals surface area contributed by atoms with Crippen LogP contribution in [0.25, 0.3) is 0 Å². The van der Waals surface area contributed by atoms with Gasteiger partial charge in [0.15, 0.2) is 0 Å². The van der Waals surface area contributed by atoms with Crippen molar-refractivity contribution in [2.45, 2.75) is 13.5 Å². The highest BCUT2D eigenvalue weighted by Gasteiger charge is 2.14. The molecule has 0 amide bonds. The van der Waals surface area contributed by atoms with Crippen LogP contribution in [0.5, 0.6) is 0 Å². The standard InChI is InChI=1S/C12H11FN2O2S/c1-7-6-18-11(15-7)5-17-12(16)9-4-8(14)2-3-10(9)13/h2-4,6H,5,14H2,1H3. The maximum Gasteiger partial charge on any atom is 0.341 e. The average Bonchev–Trinajstić information content (AvgIpc) is 2.75. The normalized spacial score (nSPS) is 10.3. The number of esters is 1. The highest BCUT2D eigenvalue weighted by atomic mass is 32.1. The Morgan fingerprint density at radius 2 is 2.33 bits per heavy atom. The zero-order valence-electron chi connectivity index (χ0n) is 9.64. The zero-order valence-corrected chi connectivity index (χ0v) is 10.5. The number of nitrogens with zero attached hydrogens (tertiary/aromatic N) is 1. The SMILES string of the molecule is Cc1csc(COC(=O)c2cc(N)ccc2F)n1. The van der Waals surface area contributed by atoms with Gasteiger partial charge in [-0.25, -0.2) is 14.2 Å². The van der Waals surface area contributed by atoms with Crippen molar-refractivity contribution >= 4 is 23.0 Å². The van der Waals surface area contributed by atoms with Gasteiger partial charge in [-0.2, -0.15) is 0 Å². The van der Waals surface area contributed by atoms with Crippen molar-refractivity contribution in [1.29, 1.82) is 0 Å². The van der Waals surface area contributed by atoms with Crippen molar-refractivity contribution < 1.29 is 13.9 Å². The second-order valence-electron chi connectivity index (χ2n) is 3.70. The molecule has 1 heterocycles. The number of ether oxygens (including phenoxy) is 1. The Morgan fingerprint density at radius 3 is 3.00 bits per heavy atom. The number of hydrogen-bond donors (Lipinski definition) is 1. The van der Waals surface area contributed by atoms with Crippen LogP contribution in [0.1, 0.15) is 21.1 Å². The van der Waals surface area contributed by atoms with Crippen molar-refractivity contribution in [3.63, 3.8) is 0 Å². The fourth-order valence-corrected chi connectivity index (χ4v) is 2.06. The molecule has 0 fully saturated rings. The van der Waals surface area contributed by atoms with E-state index in [1.54, 1.807) is 0 Å². The van der Waals surface area contributed by atoms with Gasteiger partial charge in [0.2, 0.25) is 0 Å². The van der Waals surface area contributed by atoms with E-state index in [0.29, 0.717) is 10.7 Å². The van der Waals surface area contributed by atoms with Crippen LogP contribution in [0, 0.1) is 12.7 Å². The Hall–Kier alpha value is -1.95. The van der Waals surface area contributed by atoms with Crippen LogP contribution in [-0.4, -0.2) is 11.0 Å². The molecule has 0 spiro atoms. The second kappa shape index (κ2) is 5.14. The van der Waals surface area contributed by atoms with Crippen LogP contribution >= 0.6 is 11.3 Å². The molecular formula is C12H11FN2O2S. The maximum atomic E-state index is 13.4. The summed E-state index contributed by atoms with van der Waals surface area (Å²) in [6, 6.07) is 3.78. The Bertz CT molecular complexity index is 583. The second-order valence-corrected chi connectivity index (χ2v) is 4.64. The minimum Gasteiger partial charge on any atom is -0.455 e. The van der Waals surface area contributed by atoms with Crippen molar-refractivity contribution in [3.05, 3.63) is 45.7 Å². The molecule has 2 rings (SSSR count). The number of rotatable bonds is 3. The van der Waals surface area contributed by atoms with Gasteiger partial charge in [-0.15, -0.1) is 11.3 Å². The number of aromatic nitrogens is 1. The molecule has 1 aromatic carbocycles. The largest absolute Gasteiger partial charge is 0.455 e. The maximum absolute atomic E-state index is 13.4. The quantitative estimate of drug-likeness (QED) is 0.685. The topological polar surface area (TPSA) is 65.2 Å². The van der Waals surface area contributed by atoms with E-state index in [2.05, 4.69) is 4.98 Å². The summed E-state index contributed by atoms with van der Waals surface area (Å²) in [5.74, 6) is -1.39. The van der Waals surface area contributed by atoms with Gasteiger partial charge in [0.05, 0.1) is 5.56 Å². The molecule has 0 aliphatic carbocycles. The molecule has 0 saturated carbocycles. The van der Waals surface area contributed by atoms with E-state index in [9.17, 15) is 9.18 Å². The minimum atomic E-state index is -0.743. The summed E-state index contributed by atoms with van der Waals surface area (Å²) in [6.45, 7) is 1.88. The molecule has 18 heavy (non-hydrogen) atoms. The molecule has 1 aromatic heterocycles. The number of nitrogen functional groups attached to an aromatic ring is 1. The average molecular weight is 266 g/mol. The van der Waals surface area contributed by atoms with E-state index < -0.39 is 11.8 Å². The molecule has 4 nitrogen and oxygen atoms in total. The molecule has 0 saturated heterocycles. The first kappa shape index (κ1) is 12.5. The van der Waals surface area contributed by atoms with Crippen molar-refractivity contribution in [1.82, 2.24) is 4.98 Å². The summed E-state index contributed by atoms with van der Waals surface area (Å²) in [5.41, 5.74) is 6.50. The number of anilines is 1. The first-order valence-electron chi connectivity index (χ1n) is 5.19. The van der Waals surface area contributed by atoms with Crippen LogP contribution in [0.3, 0.4) is 0 Å². The summed E-state index contributed by atoms with van der Waals surface area (Å²) in [5, 5.41) is 2.52. The van der Waals surface area contributed by atoms with Gasteiger partial charge in [0.1, 0.15) is 17.4 Å². The monoisotopic (exact) mass is 266 g/mol. The summed E-state index contributed by atoms with van der Waals surface area (Å²) < 4.78 is 18.4. The number of aryl methyl sites for hydroxylation is 1. The van der Waals surface area contributed by atoms with Gasteiger partial charge < -0.3 is 10.5 Å². The number of carbonyl (C=O) groups excluding carboxylic acids is 1. The lowest BCUT2D eigenvalue weighted by atomic mass is 10.2. The van der Waals surface area contributed by atoms with Gasteiger partial charge in [-0.1, -0.05) is 0 Å². The molecule has 2 N–H and O–H groups in total. The number of thiazole rings is 1. The van der Waals surface area contributed by atoms with E-state index in [-0.39, 0.29) is 12.2 Å². The van der Waals surface area contributed by atoms with Crippen molar-refractivity contribution in [2.24, 2.45) is 0 Å². The fraction of sp³-hybridized carbons (Fsp3) is 0.167. The third-order valence-electron chi connectivity index (χ3n) is 2.20. The lowest BCUT2D eigenvalue weighted by Crippen LogP contribution is -2.08. The molecule has 0 aliphatic heterocycles. The highest BCUT2D eigenvalue weighted by Crippen LogP contribution is 2.15. The fourth-order valence-electron chi connectivity index (χ4n) is 1.37. The number of halogens is 1. The molecule has 0 bridgehead atoms. The van der Waals surface area contributed by atoms with Gasteiger partial charge >= 0.3 is 5.97 Å². The number of nitrogens with two attached hydrogens (primary N) is 1. The third-order valence-corrected chi connectivity index (χ3v) is 3.14. The van der Waals surface area contributed by atoms with Gasteiger partial charge in [0, 0.05) is 16.8 Å². The molecule has 0 radical (unpaired) electrons. The predicted octanol–water partition coefficient (Wildman–Crippen LogP) is 2.53. The van der Waals surface area contributed by atoms with Crippen molar-refractivity contribution in [2.75, 3.05) is 5.73 Å². The molecule has 0 aliphatic rings. The summed E-state index contributed by atoms with van der Waals surface area (Å²) >= 11 is 1.39. The van der Waals surface area contributed by atoms with Crippen LogP contribution in [-0.2, 0) is 11.3 Å². The van der Waals surface area contributed by atoms with E-state index in [1.807, 2.05) is 12.3 Å². The van der Waals surface area contributed by atoms with E-state index in [4.69, 9.17) is 10.5 Å². The highest BCUT2D eigenvalue weighted by molar-refractivity contribution is 7.09. The molecule has 0 atom stereocenters.